The van der Waals surface area contributed by atoms with Gasteiger partial charge in [0.25, 0.3) is 0 Å². The molecule has 546 valence electrons. The molecule has 0 saturated carbocycles. The maximum absolute atomic E-state index is 13.1. The molecule has 94 heavy (non-hydrogen) atoms. The quantitative estimate of drug-likeness (QED) is 0.0452. The molecule has 8 heterocycles. The van der Waals surface area contributed by atoms with Crippen LogP contribution in [0.1, 0.15) is 20.8 Å². The van der Waals surface area contributed by atoms with E-state index in [9.17, 15) is 127 Å². The standard InChI is InChI=1S/C52H88N2O40/c1-11-23(63)28(68)34(74)48(81-11)93-43-22(54-13(3)62)45(79)82-19(9-60)41(43)91-46-21(53-12(2)61)27(67)39(17(7-58)86-46)89-52-38(78)44(94-51-37(77)32(72)40(18(8-59)87-51)90-49-35(75)30(70)25(65)15(5-56)84-49)42(92-50-36(76)31(71)26(66)16(6-57)85-50)20(88-52)10-80-47-33(73)29(69)24(64)14(4-55)83-47/h11,14-52,55-60,63-79H,4-10H2,1-3H3,(H,53,61)(H,54,62)/t11-,14+,15+,16+,17+,18+,19+,20+,21+,22+,23+,24+,25-,26-,27+,28+,29-,30-,31-,32+,33-,34-,35+,36+,37-,38-,39+,40+,41+,42+,43+,44+,45+,46-,47-,48-,49+,50-,51+,52-/m0/s1. The largest absolute Gasteiger partial charge is 0.394 e. The summed E-state index contributed by atoms with van der Waals surface area (Å²) >= 11 is 0. The van der Waals surface area contributed by atoms with Gasteiger partial charge in [-0.25, -0.2) is 0 Å². The normalized spacial score (nSPS) is 51.2. The lowest BCUT2D eigenvalue weighted by Crippen LogP contribution is -2.71. The first-order valence-corrected chi connectivity index (χ1v) is 30.0. The summed E-state index contributed by atoms with van der Waals surface area (Å²) in [5.74, 6) is -1.77. The minimum absolute atomic E-state index is 0.825. The first-order chi connectivity index (χ1) is 44.4. The Morgan fingerprint density at radius 2 is 0.617 bits per heavy atom. The molecule has 0 aromatic heterocycles. The second kappa shape index (κ2) is 33.3. The summed E-state index contributed by atoms with van der Waals surface area (Å²) < 4.78 is 88.3. The smallest absolute Gasteiger partial charge is 0.217 e. The number of hydrogen-bond donors (Lipinski definition) is 25. The Labute approximate surface area is 532 Å². The zero-order chi connectivity index (χ0) is 69.2. The Kier molecular flexibility index (Phi) is 27.3. The number of nitrogens with one attached hydrogen (secondary N) is 2. The van der Waals surface area contributed by atoms with Crippen molar-refractivity contribution in [1.29, 1.82) is 0 Å². The van der Waals surface area contributed by atoms with Gasteiger partial charge in [0.05, 0.1) is 52.4 Å². The van der Waals surface area contributed by atoms with Crippen LogP contribution in [0.4, 0.5) is 0 Å². The molecule has 0 aromatic carbocycles. The number of aliphatic hydroxyl groups is 23. The van der Waals surface area contributed by atoms with Crippen LogP contribution in [0.3, 0.4) is 0 Å². The molecule has 8 fully saturated rings. The summed E-state index contributed by atoms with van der Waals surface area (Å²) in [6.07, 6.45) is -77.1. The van der Waals surface area contributed by atoms with E-state index in [4.69, 9.17) is 71.1 Å². The molecule has 40 atom stereocenters. The molecule has 8 aliphatic heterocycles. The highest BCUT2D eigenvalue weighted by Crippen LogP contribution is 2.40. The summed E-state index contributed by atoms with van der Waals surface area (Å²) in [7, 11) is 0. The number of carbonyl (C=O) groups is 2. The summed E-state index contributed by atoms with van der Waals surface area (Å²) in [5, 5.41) is 255. The Balaban J connectivity index is 1.15. The highest BCUT2D eigenvalue weighted by Gasteiger charge is 2.60. The summed E-state index contributed by atoms with van der Waals surface area (Å²) in [6, 6.07) is -3.67. The maximum Gasteiger partial charge on any atom is 0.217 e. The van der Waals surface area contributed by atoms with Crippen LogP contribution in [0.2, 0.25) is 0 Å². The lowest BCUT2D eigenvalue weighted by atomic mass is 9.93. The molecule has 0 aromatic rings. The summed E-state index contributed by atoms with van der Waals surface area (Å²) in [4.78, 5) is 25.7. The van der Waals surface area contributed by atoms with Gasteiger partial charge in [-0.05, 0) is 6.92 Å². The average molecular weight is 1380 g/mol. The van der Waals surface area contributed by atoms with Crippen molar-refractivity contribution < 1.29 is 198 Å². The molecule has 2 amide bonds. The molecular formula is C52H88N2O40. The Morgan fingerprint density at radius 1 is 0.298 bits per heavy atom. The molecule has 8 aliphatic rings. The van der Waals surface area contributed by atoms with Gasteiger partial charge in [0, 0.05) is 13.8 Å². The van der Waals surface area contributed by atoms with Crippen LogP contribution < -0.4 is 10.6 Å². The van der Waals surface area contributed by atoms with E-state index in [0.717, 1.165) is 13.8 Å². The zero-order valence-electron chi connectivity index (χ0n) is 50.3. The number of amides is 2. The van der Waals surface area contributed by atoms with Gasteiger partial charge in [0.1, 0.15) is 189 Å². The molecule has 8 rings (SSSR count). The van der Waals surface area contributed by atoms with Crippen molar-refractivity contribution in [3.05, 3.63) is 0 Å². The van der Waals surface area contributed by atoms with E-state index < -0.39 is 304 Å². The van der Waals surface area contributed by atoms with Gasteiger partial charge in [-0.1, -0.05) is 0 Å². The first-order valence-electron chi connectivity index (χ1n) is 30.0. The minimum Gasteiger partial charge on any atom is -0.394 e. The van der Waals surface area contributed by atoms with Crippen LogP contribution >= 0.6 is 0 Å². The average Bonchev–Trinajstić information content (AvgIpc) is 0.766. The number of carbonyl (C=O) groups excluding carboxylic acids is 2. The van der Waals surface area contributed by atoms with E-state index in [2.05, 4.69) is 10.6 Å². The first kappa shape index (κ1) is 77.2. The van der Waals surface area contributed by atoms with Gasteiger partial charge in [-0.2, -0.15) is 0 Å². The second-order valence-corrected chi connectivity index (χ2v) is 23.9. The summed E-state index contributed by atoms with van der Waals surface area (Å²) in [6.45, 7) is -4.22. The van der Waals surface area contributed by atoms with Gasteiger partial charge < -0.3 is 199 Å². The number of hydrogen-bond acceptors (Lipinski definition) is 40. The van der Waals surface area contributed by atoms with E-state index in [1.807, 2.05) is 0 Å². The van der Waals surface area contributed by atoms with Crippen molar-refractivity contribution in [2.24, 2.45) is 0 Å². The fraction of sp³-hybridized carbons (Fsp3) is 0.962. The van der Waals surface area contributed by atoms with Crippen LogP contribution in [0, 0.1) is 0 Å². The van der Waals surface area contributed by atoms with Crippen molar-refractivity contribution in [3.63, 3.8) is 0 Å². The number of aliphatic hydroxyl groups excluding tert-OH is 23. The van der Waals surface area contributed by atoms with Crippen LogP contribution in [0.15, 0.2) is 0 Å². The van der Waals surface area contributed by atoms with Crippen LogP contribution in [0.25, 0.3) is 0 Å². The van der Waals surface area contributed by atoms with Crippen molar-refractivity contribution in [1.82, 2.24) is 10.6 Å². The second-order valence-electron chi connectivity index (χ2n) is 23.9. The lowest BCUT2D eigenvalue weighted by Gasteiger charge is -2.52. The Bertz CT molecular complexity index is 2360. The molecule has 0 bridgehead atoms. The molecule has 42 nitrogen and oxygen atoms in total. The Hall–Kier alpha value is -2.58. The number of rotatable bonds is 23. The summed E-state index contributed by atoms with van der Waals surface area (Å²) in [5.41, 5.74) is 0. The van der Waals surface area contributed by atoms with Gasteiger partial charge in [0.2, 0.25) is 11.8 Å². The van der Waals surface area contributed by atoms with Crippen molar-refractivity contribution in [2.75, 3.05) is 46.2 Å². The zero-order valence-corrected chi connectivity index (χ0v) is 50.3. The van der Waals surface area contributed by atoms with Gasteiger partial charge in [-0.3, -0.25) is 9.59 Å². The minimum atomic E-state index is -2.54. The third kappa shape index (κ3) is 16.4. The van der Waals surface area contributed by atoms with Crippen LogP contribution in [-0.4, -0.2) is 421 Å². The van der Waals surface area contributed by atoms with E-state index in [1.54, 1.807) is 0 Å². The third-order valence-corrected chi connectivity index (χ3v) is 17.4. The van der Waals surface area contributed by atoms with Gasteiger partial charge >= 0.3 is 0 Å². The highest BCUT2D eigenvalue weighted by molar-refractivity contribution is 5.73. The molecule has 42 heteroatoms. The molecule has 0 unspecified atom stereocenters. The maximum atomic E-state index is 13.1. The predicted octanol–water partition coefficient (Wildman–Crippen LogP) is -17.1. The van der Waals surface area contributed by atoms with Crippen molar-refractivity contribution in [2.45, 2.75) is 266 Å². The highest BCUT2D eigenvalue weighted by atomic mass is 16.8. The predicted molar refractivity (Wildman–Crippen MR) is 286 cm³/mol. The fourth-order valence-corrected chi connectivity index (χ4v) is 12.1. The van der Waals surface area contributed by atoms with E-state index in [1.165, 1.54) is 6.92 Å². The third-order valence-electron chi connectivity index (χ3n) is 17.4. The monoisotopic (exact) mass is 1380 g/mol. The topological polar surface area (TPSA) is 662 Å². The van der Waals surface area contributed by atoms with E-state index in [-0.39, 0.29) is 0 Å². The molecule has 25 N–H and O–H groups in total. The van der Waals surface area contributed by atoms with Crippen molar-refractivity contribution >= 4 is 11.8 Å². The molecule has 8 saturated heterocycles. The number of ether oxygens (including phenoxy) is 15. The molecular weight excluding hydrogens is 1290 g/mol. The van der Waals surface area contributed by atoms with E-state index >= 15 is 0 Å². The van der Waals surface area contributed by atoms with Crippen LogP contribution in [-0.2, 0) is 80.6 Å². The van der Waals surface area contributed by atoms with Gasteiger partial charge in [-0.15, -0.1) is 0 Å². The molecule has 0 aliphatic carbocycles. The van der Waals surface area contributed by atoms with E-state index in [0.29, 0.717) is 0 Å². The van der Waals surface area contributed by atoms with Gasteiger partial charge in [0.15, 0.2) is 50.3 Å². The fourth-order valence-electron chi connectivity index (χ4n) is 12.1. The van der Waals surface area contributed by atoms with Crippen LogP contribution in [0.5, 0.6) is 0 Å². The Morgan fingerprint density at radius 3 is 1.10 bits per heavy atom. The lowest BCUT2D eigenvalue weighted by molar-refractivity contribution is -0.407. The molecule has 0 radical (unpaired) electrons. The SMILES string of the molecule is CC(=O)N[C@@H]1[C@@H](O[C@@H]2O[C@@H](C)[C@@H](O)[C@@H](O)[C@@H]2O)[C@H](O[C@@H]2O[C@H](CO)[C@@H](O[C@@H]3O[C@H](CO[C@H]4O[C@H](CO)[C@@H](O)[C@H](O)[C@@H]4O)[C@@H](O[C@@H]4O[C@H](CO)[C@H](O)[C@H](O)[C@H]4O)[C@H](O[C@H]4O[C@H](CO)[C@@H](O[C@H]5O[C@H](CO)[C@H](O)[C@H](O)[C@H]5O)[C@H](O)[C@@H]4O)[C@@H]3O)[C@H](O)[C@H]2NC(C)=O)[C@@H](CO)O[C@H]1O. The molecule has 0 spiro atoms. The van der Waals surface area contributed by atoms with Crippen molar-refractivity contribution in [3.8, 4) is 0 Å².